The SMILES string of the molecule is CCCCN1C(C)=C(C)C=C(N)C1O. The van der Waals surface area contributed by atoms with Crippen molar-refractivity contribution in [1.29, 1.82) is 0 Å². The van der Waals surface area contributed by atoms with Gasteiger partial charge in [-0.05, 0) is 31.9 Å². The highest BCUT2D eigenvalue weighted by Crippen LogP contribution is 2.22. The van der Waals surface area contributed by atoms with Gasteiger partial charge in [0.2, 0.25) is 0 Å². The van der Waals surface area contributed by atoms with Gasteiger partial charge in [-0.15, -0.1) is 0 Å². The van der Waals surface area contributed by atoms with Gasteiger partial charge in [-0.1, -0.05) is 13.3 Å². The second-order valence-corrected chi connectivity index (χ2v) is 3.83. The highest BCUT2D eigenvalue weighted by atomic mass is 16.3. The molecule has 0 aromatic heterocycles. The fraction of sp³-hybridized carbons (Fsp3) is 0.636. The van der Waals surface area contributed by atoms with Crippen molar-refractivity contribution in [1.82, 2.24) is 4.90 Å². The molecule has 0 saturated carbocycles. The first-order valence-corrected chi connectivity index (χ1v) is 5.17. The standard InChI is InChI=1S/C11H20N2O/c1-4-5-6-13-9(3)8(2)7-10(12)11(13)14/h7,11,14H,4-6,12H2,1-3H3. The molecule has 0 aromatic rings. The molecule has 3 N–H and O–H groups in total. The van der Waals surface area contributed by atoms with E-state index in [0.717, 1.165) is 30.7 Å². The number of aliphatic hydroxyl groups is 1. The zero-order chi connectivity index (χ0) is 10.7. The Morgan fingerprint density at radius 1 is 1.50 bits per heavy atom. The number of hydrogen-bond donors (Lipinski definition) is 2. The van der Waals surface area contributed by atoms with Crippen molar-refractivity contribution in [2.75, 3.05) is 6.54 Å². The molecule has 0 bridgehead atoms. The predicted molar refractivity (Wildman–Crippen MR) is 58.3 cm³/mol. The van der Waals surface area contributed by atoms with Crippen LogP contribution in [0.1, 0.15) is 33.6 Å². The molecule has 0 fully saturated rings. The van der Waals surface area contributed by atoms with Gasteiger partial charge in [-0.3, -0.25) is 0 Å². The first-order valence-electron chi connectivity index (χ1n) is 5.17. The normalized spacial score (nSPS) is 22.7. The molecule has 0 radical (unpaired) electrons. The quantitative estimate of drug-likeness (QED) is 0.720. The average Bonchev–Trinajstić information content (AvgIpc) is 2.15. The van der Waals surface area contributed by atoms with E-state index in [9.17, 15) is 5.11 Å². The molecule has 80 valence electrons. The Bertz CT molecular complexity index is 268. The van der Waals surface area contributed by atoms with Gasteiger partial charge in [0.25, 0.3) is 0 Å². The van der Waals surface area contributed by atoms with Gasteiger partial charge in [0.05, 0.1) is 5.70 Å². The molecular formula is C11H20N2O. The molecule has 1 aliphatic rings. The zero-order valence-corrected chi connectivity index (χ0v) is 9.25. The number of unbranched alkanes of at least 4 members (excludes halogenated alkanes) is 1. The van der Waals surface area contributed by atoms with Gasteiger partial charge in [0, 0.05) is 12.2 Å². The van der Waals surface area contributed by atoms with Crippen molar-refractivity contribution in [2.24, 2.45) is 5.73 Å². The third kappa shape index (κ3) is 2.10. The number of hydrogen-bond acceptors (Lipinski definition) is 3. The van der Waals surface area contributed by atoms with Crippen molar-refractivity contribution in [3.05, 3.63) is 23.0 Å². The first-order chi connectivity index (χ1) is 6.57. The van der Waals surface area contributed by atoms with E-state index in [2.05, 4.69) is 6.92 Å². The van der Waals surface area contributed by atoms with E-state index in [4.69, 9.17) is 5.73 Å². The van der Waals surface area contributed by atoms with Crippen molar-refractivity contribution in [3.63, 3.8) is 0 Å². The Morgan fingerprint density at radius 3 is 2.71 bits per heavy atom. The summed E-state index contributed by atoms with van der Waals surface area (Å²) in [5.41, 5.74) is 8.54. The van der Waals surface area contributed by atoms with Crippen LogP contribution < -0.4 is 5.73 Å². The number of aliphatic hydroxyl groups excluding tert-OH is 1. The summed E-state index contributed by atoms with van der Waals surface area (Å²) < 4.78 is 0. The van der Waals surface area contributed by atoms with E-state index in [0.29, 0.717) is 5.70 Å². The molecule has 0 aromatic carbocycles. The second-order valence-electron chi connectivity index (χ2n) is 3.83. The third-order valence-electron chi connectivity index (χ3n) is 2.73. The van der Waals surface area contributed by atoms with E-state index in [1.165, 1.54) is 0 Å². The molecule has 3 nitrogen and oxygen atoms in total. The summed E-state index contributed by atoms with van der Waals surface area (Å²) >= 11 is 0. The van der Waals surface area contributed by atoms with Crippen LogP contribution >= 0.6 is 0 Å². The van der Waals surface area contributed by atoms with Gasteiger partial charge < -0.3 is 15.7 Å². The van der Waals surface area contributed by atoms with Gasteiger partial charge in [-0.25, -0.2) is 0 Å². The smallest absolute Gasteiger partial charge is 0.167 e. The molecule has 1 rings (SSSR count). The van der Waals surface area contributed by atoms with Crippen molar-refractivity contribution in [2.45, 2.75) is 39.8 Å². The van der Waals surface area contributed by atoms with Crippen LogP contribution in [-0.2, 0) is 0 Å². The Kier molecular flexibility index (Phi) is 3.58. The number of allylic oxidation sites excluding steroid dienone is 3. The molecule has 0 amide bonds. The fourth-order valence-electron chi connectivity index (χ4n) is 1.64. The van der Waals surface area contributed by atoms with Crippen LogP contribution in [0, 0.1) is 0 Å². The maximum Gasteiger partial charge on any atom is 0.167 e. The zero-order valence-electron chi connectivity index (χ0n) is 9.25. The lowest BCUT2D eigenvalue weighted by Gasteiger charge is -2.35. The molecule has 1 heterocycles. The lowest BCUT2D eigenvalue weighted by molar-refractivity contribution is 0.0533. The minimum atomic E-state index is -0.634. The third-order valence-corrected chi connectivity index (χ3v) is 2.73. The molecular weight excluding hydrogens is 176 g/mol. The Balaban J connectivity index is 2.79. The van der Waals surface area contributed by atoms with Gasteiger partial charge in [0.1, 0.15) is 0 Å². The van der Waals surface area contributed by atoms with E-state index in [1.807, 2.05) is 24.8 Å². The largest absolute Gasteiger partial charge is 0.398 e. The van der Waals surface area contributed by atoms with Crippen LogP contribution in [0.4, 0.5) is 0 Å². The summed E-state index contributed by atoms with van der Waals surface area (Å²) in [6.07, 6.45) is 3.42. The summed E-state index contributed by atoms with van der Waals surface area (Å²) in [5.74, 6) is 0. The van der Waals surface area contributed by atoms with Gasteiger partial charge in [0.15, 0.2) is 6.23 Å². The van der Waals surface area contributed by atoms with E-state index in [-0.39, 0.29) is 0 Å². The minimum Gasteiger partial charge on any atom is -0.398 e. The monoisotopic (exact) mass is 196 g/mol. The van der Waals surface area contributed by atoms with Crippen molar-refractivity contribution >= 4 is 0 Å². The minimum absolute atomic E-state index is 0.546. The second kappa shape index (κ2) is 4.51. The molecule has 0 spiro atoms. The average molecular weight is 196 g/mol. The van der Waals surface area contributed by atoms with Gasteiger partial charge in [-0.2, -0.15) is 0 Å². The van der Waals surface area contributed by atoms with E-state index < -0.39 is 6.23 Å². The maximum absolute atomic E-state index is 9.85. The van der Waals surface area contributed by atoms with Crippen LogP contribution in [-0.4, -0.2) is 22.8 Å². The lowest BCUT2D eigenvalue weighted by atomic mass is 10.1. The van der Waals surface area contributed by atoms with Crippen LogP contribution in [0.15, 0.2) is 23.0 Å². The molecule has 14 heavy (non-hydrogen) atoms. The fourth-order valence-corrected chi connectivity index (χ4v) is 1.64. The maximum atomic E-state index is 9.85. The summed E-state index contributed by atoms with van der Waals surface area (Å²) in [6.45, 7) is 7.06. The van der Waals surface area contributed by atoms with Crippen molar-refractivity contribution in [3.8, 4) is 0 Å². The highest BCUT2D eigenvalue weighted by molar-refractivity contribution is 5.31. The summed E-state index contributed by atoms with van der Waals surface area (Å²) in [7, 11) is 0. The number of rotatable bonds is 3. The molecule has 1 atom stereocenters. The van der Waals surface area contributed by atoms with E-state index in [1.54, 1.807) is 0 Å². The Labute approximate surface area is 85.9 Å². The number of nitrogens with zero attached hydrogens (tertiary/aromatic N) is 1. The Hall–Kier alpha value is -0.960. The molecule has 0 saturated heterocycles. The van der Waals surface area contributed by atoms with Crippen LogP contribution in [0.5, 0.6) is 0 Å². The lowest BCUT2D eigenvalue weighted by Crippen LogP contribution is -2.40. The van der Waals surface area contributed by atoms with Crippen molar-refractivity contribution < 1.29 is 5.11 Å². The van der Waals surface area contributed by atoms with Crippen LogP contribution in [0.25, 0.3) is 0 Å². The van der Waals surface area contributed by atoms with E-state index >= 15 is 0 Å². The topological polar surface area (TPSA) is 49.5 Å². The van der Waals surface area contributed by atoms with Gasteiger partial charge >= 0.3 is 0 Å². The summed E-state index contributed by atoms with van der Waals surface area (Å²) in [4.78, 5) is 1.97. The summed E-state index contributed by atoms with van der Waals surface area (Å²) in [5, 5.41) is 9.85. The first kappa shape index (κ1) is 11.1. The van der Waals surface area contributed by atoms with Crippen LogP contribution in [0.3, 0.4) is 0 Å². The number of nitrogens with two attached hydrogens (primary N) is 1. The molecule has 3 heteroatoms. The molecule has 0 aliphatic carbocycles. The molecule has 1 aliphatic heterocycles. The Morgan fingerprint density at radius 2 is 2.14 bits per heavy atom. The highest BCUT2D eigenvalue weighted by Gasteiger charge is 2.22. The predicted octanol–water partition coefficient (Wildman–Crippen LogP) is 1.56. The van der Waals surface area contributed by atoms with Crippen LogP contribution in [0.2, 0.25) is 0 Å². The summed E-state index contributed by atoms with van der Waals surface area (Å²) in [6, 6.07) is 0. The molecule has 1 unspecified atom stereocenters.